The Morgan fingerprint density at radius 1 is 1.00 bits per heavy atom. The van der Waals surface area contributed by atoms with Crippen LogP contribution in [0.1, 0.15) is 15.9 Å². The Bertz CT molecular complexity index is 763. The zero-order valence-electron chi connectivity index (χ0n) is 12.3. The summed E-state index contributed by atoms with van der Waals surface area (Å²) in [6.07, 6.45) is -2.29. The molecule has 0 aliphatic rings. The number of benzene rings is 2. The van der Waals surface area contributed by atoms with E-state index in [2.05, 4.69) is 0 Å². The second-order valence-corrected chi connectivity index (χ2v) is 6.56. The topological polar surface area (TPSA) is 17.1 Å². The monoisotopic (exact) mass is 390 g/mol. The van der Waals surface area contributed by atoms with Crippen molar-refractivity contribution in [2.24, 2.45) is 0 Å². The maximum Gasteiger partial charge on any atom is 0.417 e. The standard InChI is InChI=1S/C17H11Cl2F3OS/c1-24-14-4-2-10(3-5-14)16(23)9-15(17(20,21)22)11-6-12(18)8-13(19)7-11/h2-9H,1H3. The molecule has 0 radical (unpaired) electrons. The van der Waals surface area contributed by atoms with Gasteiger partial charge in [-0.25, -0.2) is 0 Å². The third-order valence-corrected chi connectivity index (χ3v) is 4.31. The van der Waals surface area contributed by atoms with Crippen molar-refractivity contribution in [3.63, 3.8) is 0 Å². The zero-order valence-corrected chi connectivity index (χ0v) is 14.7. The van der Waals surface area contributed by atoms with Crippen LogP contribution < -0.4 is 0 Å². The van der Waals surface area contributed by atoms with Crippen LogP contribution in [0.25, 0.3) is 5.57 Å². The maximum absolute atomic E-state index is 13.4. The molecule has 0 atom stereocenters. The number of hydrogen-bond donors (Lipinski definition) is 0. The molecule has 0 N–H and O–H groups in total. The van der Waals surface area contributed by atoms with Crippen LogP contribution in [-0.2, 0) is 0 Å². The van der Waals surface area contributed by atoms with Crippen molar-refractivity contribution in [2.75, 3.05) is 6.26 Å². The molecule has 2 aromatic rings. The lowest BCUT2D eigenvalue weighted by Crippen LogP contribution is -2.13. The van der Waals surface area contributed by atoms with E-state index in [0.29, 0.717) is 6.08 Å². The molecule has 2 rings (SSSR count). The fourth-order valence-electron chi connectivity index (χ4n) is 2.01. The Morgan fingerprint density at radius 3 is 2.00 bits per heavy atom. The number of alkyl halides is 3. The average Bonchev–Trinajstić information content (AvgIpc) is 2.50. The number of rotatable bonds is 4. The van der Waals surface area contributed by atoms with Gasteiger partial charge in [0.25, 0.3) is 0 Å². The summed E-state index contributed by atoms with van der Waals surface area (Å²) in [5, 5.41) is 0.119. The highest BCUT2D eigenvalue weighted by Crippen LogP contribution is 2.36. The van der Waals surface area contributed by atoms with Crippen LogP contribution in [0.15, 0.2) is 53.4 Å². The highest BCUT2D eigenvalue weighted by Gasteiger charge is 2.35. The van der Waals surface area contributed by atoms with E-state index in [-0.39, 0.29) is 21.2 Å². The molecule has 0 bridgehead atoms. The highest BCUT2D eigenvalue weighted by molar-refractivity contribution is 7.98. The first-order valence-electron chi connectivity index (χ1n) is 6.64. The summed E-state index contributed by atoms with van der Waals surface area (Å²) in [6.45, 7) is 0. The minimum Gasteiger partial charge on any atom is -0.289 e. The summed E-state index contributed by atoms with van der Waals surface area (Å²) < 4.78 is 40.1. The first kappa shape index (κ1) is 18.9. The van der Waals surface area contributed by atoms with Gasteiger partial charge < -0.3 is 0 Å². The van der Waals surface area contributed by atoms with Gasteiger partial charge in [-0.3, -0.25) is 4.79 Å². The molecule has 2 aromatic carbocycles. The molecule has 126 valence electrons. The Morgan fingerprint density at radius 2 is 1.54 bits per heavy atom. The number of thioether (sulfide) groups is 1. The molecule has 0 aliphatic heterocycles. The van der Waals surface area contributed by atoms with Crippen molar-refractivity contribution in [2.45, 2.75) is 11.1 Å². The molecule has 0 saturated carbocycles. The maximum atomic E-state index is 13.4. The van der Waals surface area contributed by atoms with Crippen LogP contribution in [0.4, 0.5) is 13.2 Å². The van der Waals surface area contributed by atoms with Crippen LogP contribution in [0, 0.1) is 0 Å². The Labute approximate surface area is 151 Å². The van der Waals surface area contributed by atoms with Crippen LogP contribution in [-0.4, -0.2) is 18.2 Å². The average molecular weight is 391 g/mol. The van der Waals surface area contributed by atoms with Gasteiger partial charge in [-0.2, -0.15) is 13.2 Å². The molecule has 0 unspecified atom stereocenters. The van der Waals surface area contributed by atoms with Crippen LogP contribution in [0.2, 0.25) is 10.0 Å². The Balaban J connectivity index is 2.47. The highest BCUT2D eigenvalue weighted by atomic mass is 35.5. The molecule has 7 heteroatoms. The predicted molar refractivity (Wildman–Crippen MR) is 93.0 cm³/mol. The summed E-state index contributed by atoms with van der Waals surface area (Å²) in [7, 11) is 0. The van der Waals surface area contributed by atoms with Gasteiger partial charge in [0.2, 0.25) is 0 Å². The van der Waals surface area contributed by atoms with E-state index in [1.165, 1.54) is 30.0 Å². The van der Waals surface area contributed by atoms with Crippen molar-refractivity contribution in [1.29, 1.82) is 0 Å². The molecule has 24 heavy (non-hydrogen) atoms. The molecule has 0 spiro atoms. The minimum atomic E-state index is -4.72. The normalized spacial score (nSPS) is 12.3. The molecule has 0 heterocycles. The first-order chi connectivity index (χ1) is 11.2. The van der Waals surface area contributed by atoms with Gasteiger partial charge >= 0.3 is 6.18 Å². The molecule has 0 saturated heterocycles. The number of allylic oxidation sites excluding steroid dienone is 2. The fourth-order valence-corrected chi connectivity index (χ4v) is 2.94. The summed E-state index contributed by atoms with van der Waals surface area (Å²) in [5.74, 6) is -0.744. The number of halogens is 5. The van der Waals surface area contributed by atoms with Gasteiger partial charge in [-0.05, 0) is 60.4 Å². The van der Waals surface area contributed by atoms with Gasteiger partial charge in [-0.1, -0.05) is 23.2 Å². The number of carbonyl (C=O) groups excluding carboxylic acids is 1. The zero-order chi connectivity index (χ0) is 17.9. The molecular weight excluding hydrogens is 380 g/mol. The van der Waals surface area contributed by atoms with Crippen molar-refractivity contribution >= 4 is 46.3 Å². The smallest absolute Gasteiger partial charge is 0.289 e. The Kier molecular flexibility index (Phi) is 6.01. The van der Waals surface area contributed by atoms with Gasteiger partial charge in [-0.15, -0.1) is 11.8 Å². The molecule has 0 aromatic heterocycles. The minimum absolute atomic E-state index is 0.0597. The van der Waals surface area contributed by atoms with Crippen molar-refractivity contribution in [3.8, 4) is 0 Å². The predicted octanol–water partition coefficient (Wildman–Crippen LogP) is 6.54. The van der Waals surface area contributed by atoms with Crippen LogP contribution in [0.3, 0.4) is 0 Å². The van der Waals surface area contributed by atoms with Gasteiger partial charge in [0.15, 0.2) is 5.78 Å². The number of ketones is 1. The molecule has 1 nitrogen and oxygen atoms in total. The number of carbonyl (C=O) groups is 1. The van der Waals surface area contributed by atoms with Gasteiger partial charge in [0, 0.05) is 20.5 Å². The van der Waals surface area contributed by atoms with Crippen molar-refractivity contribution in [1.82, 2.24) is 0 Å². The van der Waals surface area contributed by atoms with E-state index in [9.17, 15) is 18.0 Å². The molecule has 0 fully saturated rings. The number of hydrogen-bond acceptors (Lipinski definition) is 2. The van der Waals surface area contributed by atoms with Gasteiger partial charge in [0.1, 0.15) is 0 Å². The molecular formula is C17H11Cl2F3OS. The molecule has 0 aliphatic carbocycles. The van der Waals surface area contributed by atoms with E-state index >= 15 is 0 Å². The second-order valence-electron chi connectivity index (χ2n) is 4.81. The van der Waals surface area contributed by atoms with E-state index in [1.807, 2.05) is 6.26 Å². The SMILES string of the molecule is CSc1ccc(C(=O)C=C(c2cc(Cl)cc(Cl)c2)C(F)(F)F)cc1. The summed E-state index contributed by atoms with van der Waals surface area (Å²) in [4.78, 5) is 13.1. The summed E-state index contributed by atoms with van der Waals surface area (Å²) in [5.41, 5.74) is -1.18. The van der Waals surface area contributed by atoms with E-state index in [1.54, 1.807) is 12.1 Å². The molecule has 0 amide bonds. The lowest BCUT2D eigenvalue weighted by Gasteiger charge is -2.13. The fraction of sp³-hybridized carbons (Fsp3) is 0.118. The largest absolute Gasteiger partial charge is 0.417 e. The second kappa shape index (κ2) is 7.64. The summed E-state index contributed by atoms with van der Waals surface area (Å²) in [6, 6.07) is 9.90. The quantitative estimate of drug-likeness (QED) is 0.334. The van der Waals surface area contributed by atoms with E-state index in [4.69, 9.17) is 23.2 Å². The lowest BCUT2D eigenvalue weighted by molar-refractivity contribution is -0.0689. The first-order valence-corrected chi connectivity index (χ1v) is 8.62. The van der Waals surface area contributed by atoms with Crippen LogP contribution in [0.5, 0.6) is 0 Å². The third-order valence-electron chi connectivity index (χ3n) is 3.13. The van der Waals surface area contributed by atoms with Crippen LogP contribution >= 0.6 is 35.0 Å². The third kappa shape index (κ3) is 4.79. The summed E-state index contributed by atoms with van der Waals surface area (Å²) >= 11 is 13.0. The van der Waals surface area contributed by atoms with E-state index < -0.39 is 17.5 Å². The Hall–Kier alpha value is -1.43. The van der Waals surface area contributed by atoms with E-state index in [0.717, 1.165) is 17.0 Å². The van der Waals surface area contributed by atoms with Crippen molar-refractivity contribution in [3.05, 3.63) is 69.7 Å². The lowest BCUT2D eigenvalue weighted by atomic mass is 10.0. The van der Waals surface area contributed by atoms with Gasteiger partial charge in [0.05, 0.1) is 5.57 Å². The van der Waals surface area contributed by atoms with Crippen molar-refractivity contribution < 1.29 is 18.0 Å².